The number of hydrogen-bond acceptors (Lipinski definition) is 5. The maximum absolute atomic E-state index is 12.3. The molecule has 0 bridgehead atoms. The van der Waals surface area contributed by atoms with Crippen LogP contribution in [0.1, 0.15) is 10.4 Å². The number of ether oxygens (including phenoxy) is 1. The number of fused-ring (bicyclic) bond motifs is 3. The van der Waals surface area contributed by atoms with Crippen LogP contribution in [0.3, 0.4) is 0 Å². The van der Waals surface area contributed by atoms with Gasteiger partial charge in [-0.2, -0.15) is 5.10 Å². The number of carbonyl (C=O) groups is 1. The Labute approximate surface area is 150 Å². The van der Waals surface area contributed by atoms with Crippen molar-refractivity contribution in [2.24, 2.45) is 0 Å². The summed E-state index contributed by atoms with van der Waals surface area (Å²) in [7, 11) is 1.64. The van der Waals surface area contributed by atoms with E-state index in [1.54, 1.807) is 29.8 Å². The van der Waals surface area contributed by atoms with Crippen molar-refractivity contribution in [3.8, 4) is 0 Å². The number of H-pyrrole nitrogens is 1. The molecule has 0 radical (unpaired) electrons. The fourth-order valence-electron chi connectivity index (χ4n) is 2.50. The molecule has 0 aliphatic heterocycles. The third-order valence-corrected chi connectivity index (χ3v) is 3.69. The second-order valence-corrected chi connectivity index (χ2v) is 5.29. The first-order valence-corrected chi connectivity index (χ1v) is 7.69. The van der Waals surface area contributed by atoms with Crippen LogP contribution in [0.2, 0.25) is 0 Å². The van der Waals surface area contributed by atoms with Gasteiger partial charge in [-0.05, 0) is 12.1 Å². The molecular weight excluding hydrogens is 346 g/mol. The Hall–Kier alpha value is -2.42. The minimum Gasteiger partial charge on any atom is -0.383 e. The molecule has 0 aliphatic rings. The maximum Gasteiger partial charge on any atom is 0.259 e. The Bertz CT molecular complexity index is 921. The second kappa shape index (κ2) is 8.61. The number of aromatic nitrogens is 3. The summed E-state index contributed by atoms with van der Waals surface area (Å²) in [5, 5.41) is 10.7. The van der Waals surface area contributed by atoms with Gasteiger partial charge in [0.05, 0.1) is 23.7 Å². The summed E-state index contributed by atoms with van der Waals surface area (Å²) in [6, 6.07) is 7.14. The summed E-state index contributed by atoms with van der Waals surface area (Å²) in [6.45, 7) is 2.45. The van der Waals surface area contributed by atoms with Crippen molar-refractivity contribution in [2.45, 2.75) is 0 Å². The Morgan fingerprint density at radius 2 is 2.08 bits per heavy atom. The van der Waals surface area contributed by atoms with E-state index in [0.29, 0.717) is 41.8 Å². The number of para-hydroxylation sites is 1. The summed E-state index contributed by atoms with van der Waals surface area (Å²) >= 11 is 0. The molecule has 8 nitrogen and oxygen atoms in total. The summed E-state index contributed by atoms with van der Waals surface area (Å²) in [5.41, 5.74) is 1.16. The number of halogens is 1. The van der Waals surface area contributed by atoms with Gasteiger partial charge < -0.3 is 20.4 Å². The quantitative estimate of drug-likeness (QED) is 0.531. The van der Waals surface area contributed by atoms with Crippen molar-refractivity contribution < 1.29 is 9.53 Å². The zero-order valence-corrected chi connectivity index (χ0v) is 14.6. The van der Waals surface area contributed by atoms with Crippen molar-refractivity contribution in [3.05, 3.63) is 46.4 Å². The third kappa shape index (κ3) is 3.98. The van der Waals surface area contributed by atoms with Gasteiger partial charge in [0.2, 0.25) is 0 Å². The van der Waals surface area contributed by atoms with Crippen LogP contribution in [0.25, 0.3) is 16.6 Å². The predicted molar refractivity (Wildman–Crippen MR) is 97.6 cm³/mol. The fraction of sp³-hybridized carbons (Fsp3) is 0.312. The summed E-state index contributed by atoms with van der Waals surface area (Å²) in [4.78, 5) is 27.2. The number of amides is 1. The molecule has 0 unspecified atom stereocenters. The molecule has 0 aliphatic carbocycles. The van der Waals surface area contributed by atoms with Gasteiger partial charge >= 0.3 is 0 Å². The molecule has 3 N–H and O–H groups in total. The van der Waals surface area contributed by atoms with Crippen molar-refractivity contribution in [1.82, 2.24) is 25.2 Å². The molecule has 9 heteroatoms. The third-order valence-electron chi connectivity index (χ3n) is 3.69. The number of aromatic amines is 1. The van der Waals surface area contributed by atoms with E-state index in [-0.39, 0.29) is 23.9 Å². The molecule has 134 valence electrons. The molecule has 0 saturated heterocycles. The highest BCUT2D eigenvalue weighted by molar-refractivity contribution is 6.00. The van der Waals surface area contributed by atoms with E-state index in [1.807, 2.05) is 6.07 Å². The zero-order chi connectivity index (χ0) is 16.9. The topological polar surface area (TPSA) is 101 Å². The van der Waals surface area contributed by atoms with Crippen molar-refractivity contribution >= 4 is 34.9 Å². The fourth-order valence-corrected chi connectivity index (χ4v) is 2.50. The first-order chi connectivity index (χ1) is 11.7. The highest BCUT2D eigenvalue weighted by Gasteiger charge is 2.15. The van der Waals surface area contributed by atoms with Gasteiger partial charge in [0.25, 0.3) is 11.5 Å². The van der Waals surface area contributed by atoms with Crippen LogP contribution in [0, 0.1) is 0 Å². The molecule has 0 atom stereocenters. The van der Waals surface area contributed by atoms with Gasteiger partial charge in [-0.25, -0.2) is 4.52 Å². The Morgan fingerprint density at radius 3 is 2.88 bits per heavy atom. The lowest BCUT2D eigenvalue weighted by Gasteiger charge is -2.06. The first-order valence-electron chi connectivity index (χ1n) is 7.69. The molecule has 0 fully saturated rings. The molecule has 2 heterocycles. The van der Waals surface area contributed by atoms with E-state index in [0.717, 1.165) is 6.54 Å². The number of nitrogens with zero attached hydrogens (tertiary/aromatic N) is 2. The average Bonchev–Trinajstić information content (AvgIpc) is 3.02. The lowest BCUT2D eigenvalue weighted by molar-refractivity contribution is 0.0955. The van der Waals surface area contributed by atoms with Crippen LogP contribution in [0.5, 0.6) is 0 Å². The normalized spacial score (nSPS) is 10.8. The number of carbonyl (C=O) groups excluding carboxylic acids is 1. The van der Waals surface area contributed by atoms with Crippen LogP contribution >= 0.6 is 12.4 Å². The minimum atomic E-state index is -0.274. The van der Waals surface area contributed by atoms with E-state index < -0.39 is 0 Å². The van der Waals surface area contributed by atoms with E-state index >= 15 is 0 Å². The van der Waals surface area contributed by atoms with Gasteiger partial charge in [0, 0.05) is 26.7 Å². The number of nitrogens with one attached hydrogen (secondary N) is 3. The Morgan fingerprint density at radius 1 is 1.28 bits per heavy atom. The largest absolute Gasteiger partial charge is 0.383 e. The van der Waals surface area contributed by atoms with Gasteiger partial charge in [-0.3, -0.25) is 9.59 Å². The molecule has 25 heavy (non-hydrogen) atoms. The molecule has 0 saturated carbocycles. The molecule has 2 aromatic heterocycles. The summed E-state index contributed by atoms with van der Waals surface area (Å²) < 4.78 is 6.50. The maximum atomic E-state index is 12.3. The van der Waals surface area contributed by atoms with E-state index in [1.165, 1.54) is 6.20 Å². The molecular formula is C16H20ClN5O3. The second-order valence-electron chi connectivity index (χ2n) is 5.29. The van der Waals surface area contributed by atoms with Gasteiger partial charge in [0.15, 0.2) is 0 Å². The lowest BCUT2D eigenvalue weighted by atomic mass is 10.2. The molecule has 1 aromatic carbocycles. The number of rotatable bonds is 7. The van der Waals surface area contributed by atoms with Crippen LogP contribution in [0.4, 0.5) is 0 Å². The van der Waals surface area contributed by atoms with Crippen LogP contribution in [-0.2, 0) is 4.74 Å². The highest BCUT2D eigenvalue weighted by Crippen LogP contribution is 2.13. The predicted octanol–water partition coefficient (Wildman–Crippen LogP) is 0.563. The standard InChI is InChI=1S/C16H19N5O3.ClH/c1-24-9-8-17-6-7-18-15(22)12-10-19-21-13-5-3-2-4-11(13)16(23)20-14(12)21;/h2-5,10,17H,6-9H2,1H3,(H,18,22)(H,20,23);1H. The number of hydrogen-bond donors (Lipinski definition) is 3. The van der Waals surface area contributed by atoms with Crippen LogP contribution < -0.4 is 16.2 Å². The van der Waals surface area contributed by atoms with Gasteiger partial charge in [0.1, 0.15) is 11.2 Å². The Balaban J connectivity index is 0.00000225. The van der Waals surface area contributed by atoms with Gasteiger partial charge in [-0.15, -0.1) is 12.4 Å². The first kappa shape index (κ1) is 18.9. The zero-order valence-electron chi connectivity index (χ0n) is 13.7. The number of methoxy groups -OCH3 is 1. The van der Waals surface area contributed by atoms with Crippen molar-refractivity contribution in [1.29, 1.82) is 0 Å². The van der Waals surface area contributed by atoms with Gasteiger partial charge in [-0.1, -0.05) is 12.1 Å². The summed E-state index contributed by atoms with van der Waals surface area (Å²) in [5.74, 6) is -0.274. The number of benzene rings is 1. The van der Waals surface area contributed by atoms with Crippen molar-refractivity contribution in [3.63, 3.8) is 0 Å². The minimum absolute atomic E-state index is 0. The summed E-state index contributed by atoms with van der Waals surface area (Å²) in [6.07, 6.45) is 1.46. The molecule has 3 rings (SSSR count). The highest BCUT2D eigenvalue weighted by atomic mass is 35.5. The SMILES string of the molecule is COCCNCCNC(=O)c1cnn2c1[nH]c(=O)c1ccccc12.Cl. The van der Waals surface area contributed by atoms with E-state index in [2.05, 4.69) is 20.7 Å². The molecule has 3 aromatic rings. The van der Waals surface area contributed by atoms with E-state index in [9.17, 15) is 9.59 Å². The smallest absolute Gasteiger partial charge is 0.259 e. The molecule has 1 amide bonds. The van der Waals surface area contributed by atoms with Crippen LogP contribution in [-0.4, -0.2) is 53.9 Å². The lowest BCUT2D eigenvalue weighted by Crippen LogP contribution is -2.33. The van der Waals surface area contributed by atoms with Crippen molar-refractivity contribution in [2.75, 3.05) is 33.4 Å². The van der Waals surface area contributed by atoms with Crippen LogP contribution in [0.15, 0.2) is 35.3 Å². The monoisotopic (exact) mass is 365 g/mol. The van der Waals surface area contributed by atoms with E-state index in [4.69, 9.17) is 4.74 Å². The average molecular weight is 366 g/mol. The molecule has 0 spiro atoms. The Kier molecular flexibility index (Phi) is 6.51.